The molecule has 0 atom stereocenters. The fraction of sp³-hybridized carbons (Fsp3) is 0.294. The van der Waals surface area contributed by atoms with Gasteiger partial charge in [-0.3, -0.25) is 0 Å². The van der Waals surface area contributed by atoms with Crippen LogP contribution in [0.15, 0.2) is 53.4 Å². The molecule has 0 bridgehead atoms. The molecule has 0 amide bonds. The molecule has 3 nitrogen and oxygen atoms in total. The molecule has 0 saturated heterocycles. The zero-order valence-corrected chi connectivity index (χ0v) is 13.3. The molecule has 4 heteroatoms. The van der Waals surface area contributed by atoms with E-state index in [2.05, 4.69) is 35.2 Å². The Morgan fingerprint density at radius 2 is 1.90 bits per heavy atom. The minimum atomic E-state index is 0.134. The van der Waals surface area contributed by atoms with Crippen molar-refractivity contribution in [1.29, 1.82) is 0 Å². The van der Waals surface area contributed by atoms with Crippen molar-refractivity contribution in [1.82, 2.24) is 0 Å². The Bertz CT molecular complexity index is 560. The lowest BCUT2D eigenvalue weighted by Gasteiger charge is -2.24. The van der Waals surface area contributed by atoms with Crippen LogP contribution in [0, 0.1) is 0 Å². The molecule has 0 heterocycles. The maximum Gasteiger partial charge on any atom is 0.132 e. The Balaban J connectivity index is 2.21. The van der Waals surface area contributed by atoms with E-state index in [0.29, 0.717) is 6.54 Å². The maximum atomic E-state index is 9.29. The molecule has 21 heavy (non-hydrogen) atoms. The van der Waals surface area contributed by atoms with Crippen LogP contribution in [0.25, 0.3) is 0 Å². The molecule has 0 aliphatic heterocycles. The first-order valence-corrected chi connectivity index (χ1v) is 8.12. The third-order valence-electron chi connectivity index (χ3n) is 3.31. The first-order chi connectivity index (χ1) is 10.3. The summed E-state index contributed by atoms with van der Waals surface area (Å²) in [5.41, 5.74) is 2.28. The predicted octanol–water partition coefficient (Wildman–Crippen LogP) is 3.42. The molecule has 0 aromatic heterocycles. The van der Waals surface area contributed by atoms with Crippen molar-refractivity contribution in [2.75, 3.05) is 31.4 Å². The van der Waals surface area contributed by atoms with Crippen LogP contribution < -0.4 is 9.64 Å². The van der Waals surface area contributed by atoms with Gasteiger partial charge in [-0.05, 0) is 36.1 Å². The van der Waals surface area contributed by atoms with Gasteiger partial charge >= 0.3 is 0 Å². The Labute approximate surface area is 130 Å². The van der Waals surface area contributed by atoms with Crippen LogP contribution in [0.2, 0.25) is 0 Å². The molecule has 1 N–H and O–H groups in total. The Morgan fingerprint density at radius 1 is 1.14 bits per heavy atom. The van der Waals surface area contributed by atoms with Crippen LogP contribution in [-0.4, -0.2) is 31.6 Å². The highest BCUT2D eigenvalue weighted by molar-refractivity contribution is 7.98. The number of methoxy groups -OCH3 is 1. The molecule has 0 fully saturated rings. The summed E-state index contributed by atoms with van der Waals surface area (Å²) in [6.07, 6.45) is 2.04. The van der Waals surface area contributed by atoms with Gasteiger partial charge in [-0.2, -0.15) is 0 Å². The van der Waals surface area contributed by atoms with Crippen molar-refractivity contribution in [2.45, 2.75) is 11.4 Å². The quantitative estimate of drug-likeness (QED) is 0.795. The fourth-order valence-electron chi connectivity index (χ4n) is 2.26. The molecule has 0 saturated carbocycles. The van der Waals surface area contributed by atoms with Gasteiger partial charge in [0.25, 0.3) is 0 Å². The van der Waals surface area contributed by atoms with Crippen molar-refractivity contribution in [3.05, 3.63) is 54.1 Å². The van der Waals surface area contributed by atoms with Crippen molar-refractivity contribution in [2.24, 2.45) is 0 Å². The van der Waals surface area contributed by atoms with Gasteiger partial charge in [0.15, 0.2) is 0 Å². The highest BCUT2D eigenvalue weighted by atomic mass is 32.2. The van der Waals surface area contributed by atoms with E-state index in [1.165, 1.54) is 5.56 Å². The van der Waals surface area contributed by atoms with Gasteiger partial charge in [0.2, 0.25) is 0 Å². The van der Waals surface area contributed by atoms with Gasteiger partial charge in [0, 0.05) is 23.7 Å². The Morgan fingerprint density at radius 3 is 2.52 bits per heavy atom. The molecule has 2 aromatic rings. The smallest absolute Gasteiger partial charge is 0.132 e. The maximum absolute atomic E-state index is 9.29. The van der Waals surface area contributed by atoms with Gasteiger partial charge < -0.3 is 14.7 Å². The summed E-state index contributed by atoms with van der Waals surface area (Å²) in [6, 6.07) is 16.4. The third-order valence-corrected chi connectivity index (χ3v) is 4.09. The number of rotatable bonds is 7. The number of nitrogens with zero attached hydrogens (tertiary/aromatic N) is 1. The molecule has 2 rings (SSSR count). The summed E-state index contributed by atoms with van der Waals surface area (Å²) in [7, 11) is 1.70. The molecule has 0 spiro atoms. The van der Waals surface area contributed by atoms with Crippen LogP contribution in [0.3, 0.4) is 0 Å². The topological polar surface area (TPSA) is 32.7 Å². The molecule has 0 radical (unpaired) electrons. The lowest BCUT2D eigenvalue weighted by molar-refractivity contribution is 0.301. The minimum absolute atomic E-state index is 0.134. The van der Waals surface area contributed by atoms with Gasteiger partial charge in [-0.1, -0.05) is 24.3 Å². The number of hydrogen-bond donors (Lipinski definition) is 1. The summed E-state index contributed by atoms with van der Waals surface area (Å²) in [6.45, 7) is 1.49. The molecular formula is C17H21NO2S. The second-order valence-corrected chi connectivity index (χ2v) is 5.52. The number of ether oxygens (including phenoxy) is 1. The number of para-hydroxylation sites is 1. The van der Waals surface area contributed by atoms with Crippen LogP contribution in [0.5, 0.6) is 5.75 Å². The van der Waals surface area contributed by atoms with Gasteiger partial charge in [0.05, 0.1) is 13.7 Å². The number of aliphatic hydroxyl groups excluding tert-OH is 1. The van der Waals surface area contributed by atoms with E-state index in [1.807, 2.05) is 24.5 Å². The normalized spacial score (nSPS) is 10.4. The first kappa shape index (κ1) is 15.7. The summed E-state index contributed by atoms with van der Waals surface area (Å²) in [4.78, 5) is 3.29. The number of anilines is 1. The van der Waals surface area contributed by atoms with E-state index in [9.17, 15) is 5.11 Å². The van der Waals surface area contributed by atoms with E-state index in [1.54, 1.807) is 18.9 Å². The zero-order valence-electron chi connectivity index (χ0n) is 12.5. The monoisotopic (exact) mass is 303 g/mol. The highest BCUT2D eigenvalue weighted by Crippen LogP contribution is 2.29. The number of aliphatic hydroxyl groups is 1. The Kier molecular flexibility index (Phi) is 5.96. The average molecular weight is 303 g/mol. The van der Waals surface area contributed by atoms with Crippen LogP contribution in [-0.2, 0) is 6.54 Å². The van der Waals surface area contributed by atoms with Crippen molar-refractivity contribution in [3.8, 4) is 5.75 Å². The SMILES string of the molecule is COc1cc(CN(CCO)c2ccccc2)ccc1SC. The molecule has 2 aromatic carbocycles. The van der Waals surface area contributed by atoms with E-state index in [4.69, 9.17) is 4.74 Å². The summed E-state index contributed by atoms with van der Waals surface area (Å²) in [5.74, 6) is 0.900. The molecular weight excluding hydrogens is 282 g/mol. The zero-order chi connectivity index (χ0) is 15.1. The second kappa shape index (κ2) is 7.96. The minimum Gasteiger partial charge on any atom is -0.496 e. The van der Waals surface area contributed by atoms with Crippen molar-refractivity contribution >= 4 is 17.4 Å². The van der Waals surface area contributed by atoms with Crippen LogP contribution in [0.4, 0.5) is 5.69 Å². The van der Waals surface area contributed by atoms with Gasteiger partial charge in [-0.15, -0.1) is 11.8 Å². The van der Waals surface area contributed by atoms with Gasteiger partial charge in [-0.25, -0.2) is 0 Å². The van der Waals surface area contributed by atoms with E-state index in [0.717, 1.165) is 22.9 Å². The largest absolute Gasteiger partial charge is 0.496 e. The summed E-state index contributed by atoms with van der Waals surface area (Å²) >= 11 is 1.68. The molecule has 0 aliphatic carbocycles. The fourth-order valence-corrected chi connectivity index (χ4v) is 2.81. The van der Waals surface area contributed by atoms with Crippen LogP contribution in [0.1, 0.15) is 5.56 Å². The lowest BCUT2D eigenvalue weighted by Crippen LogP contribution is -2.26. The van der Waals surface area contributed by atoms with Gasteiger partial charge in [0.1, 0.15) is 5.75 Å². The molecule has 0 unspecified atom stereocenters. The molecule has 0 aliphatic rings. The van der Waals surface area contributed by atoms with E-state index in [-0.39, 0.29) is 6.61 Å². The number of benzene rings is 2. The van der Waals surface area contributed by atoms with Crippen LogP contribution >= 0.6 is 11.8 Å². The van der Waals surface area contributed by atoms with E-state index >= 15 is 0 Å². The highest BCUT2D eigenvalue weighted by Gasteiger charge is 2.09. The number of hydrogen-bond acceptors (Lipinski definition) is 4. The first-order valence-electron chi connectivity index (χ1n) is 6.90. The predicted molar refractivity (Wildman–Crippen MR) is 89.4 cm³/mol. The van der Waals surface area contributed by atoms with Crippen molar-refractivity contribution in [3.63, 3.8) is 0 Å². The second-order valence-electron chi connectivity index (χ2n) is 4.67. The summed E-state index contributed by atoms with van der Waals surface area (Å²) in [5, 5.41) is 9.29. The van der Waals surface area contributed by atoms with E-state index < -0.39 is 0 Å². The Hall–Kier alpha value is -1.65. The van der Waals surface area contributed by atoms with Crippen molar-refractivity contribution < 1.29 is 9.84 Å². The lowest BCUT2D eigenvalue weighted by atomic mass is 10.2. The standard InChI is InChI=1S/C17H21NO2S/c1-20-16-12-14(8-9-17(16)21-2)13-18(10-11-19)15-6-4-3-5-7-15/h3-9,12,19H,10-11,13H2,1-2H3. The third kappa shape index (κ3) is 4.16. The average Bonchev–Trinajstić information content (AvgIpc) is 2.55. The number of thioether (sulfide) groups is 1. The molecule has 112 valence electrons. The summed E-state index contributed by atoms with van der Waals surface area (Å²) < 4.78 is 5.44.